The number of hydrogen-bond donors (Lipinski definition) is 2. The van der Waals surface area contributed by atoms with E-state index in [0.29, 0.717) is 18.3 Å². The number of hydrogen-bond acceptors (Lipinski definition) is 4. The number of amides is 1. The minimum absolute atomic E-state index is 0.234. The second kappa shape index (κ2) is 6.70. The van der Waals surface area contributed by atoms with Crippen LogP contribution in [-0.2, 0) is 19.7 Å². The normalized spacial score (nSPS) is 13.5. The fourth-order valence-corrected chi connectivity index (χ4v) is 1.30. The van der Waals surface area contributed by atoms with Crippen LogP contribution in [0.15, 0.2) is 0 Å². The Morgan fingerprint density at radius 1 is 1.24 bits per heavy atom. The van der Waals surface area contributed by atoms with Crippen molar-refractivity contribution in [1.29, 1.82) is 0 Å². The lowest BCUT2D eigenvalue weighted by Crippen LogP contribution is -2.33. The van der Waals surface area contributed by atoms with E-state index in [9.17, 15) is 18.0 Å². The zero-order valence-corrected chi connectivity index (χ0v) is 11.1. The van der Waals surface area contributed by atoms with E-state index >= 15 is 0 Å². The van der Waals surface area contributed by atoms with Crippen LogP contribution >= 0.6 is 0 Å². The van der Waals surface area contributed by atoms with Crippen molar-refractivity contribution in [3.8, 4) is 0 Å². The molecule has 1 amide bonds. The van der Waals surface area contributed by atoms with Crippen LogP contribution in [0.25, 0.3) is 0 Å². The van der Waals surface area contributed by atoms with Gasteiger partial charge in [0.15, 0.2) is 0 Å². The van der Waals surface area contributed by atoms with Gasteiger partial charge in [-0.3, -0.25) is 14.1 Å². The Labute approximate surface area is 102 Å². The van der Waals surface area contributed by atoms with Crippen molar-refractivity contribution in [3.05, 3.63) is 0 Å². The van der Waals surface area contributed by atoms with Crippen LogP contribution in [0.5, 0.6) is 0 Å². The van der Waals surface area contributed by atoms with Crippen molar-refractivity contribution in [1.82, 2.24) is 5.32 Å². The first-order chi connectivity index (χ1) is 7.64. The lowest BCUT2D eigenvalue weighted by molar-refractivity contribution is -0.123. The van der Waals surface area contributed by atoms with Crippen molar-refractivity contribution in [2.45, 2.75) is 33.6 Å². The SMILES string of the molecule is CC(C)[C@H](C)CCC(=O)NCC(=O)S(=O)(=O)O. The largest absolute Gasteiger partial charge is 0.348 e. The topological polar surface area (TPSA) is 101 Å². The standard InChI is InChI=1S/C10H19NO5S/c1-7(2)8(3)4-5-9(12)11-6-10(13)17(14,15)16/h7-8H,4-6H2,1-3H3,(H,11,12)(H,14,15,16)/t8-/m1/s1. The average Bonchev–Trinajstić information content (AvgIpc) is 2.20. The van der Waals surface area contributed by atoms with Crippen LogP contribution in [0.3, 0.4) is 0 Å². The van der Waals surface area contributed by atoms with Crippen molar-refractivity contribution in [3.63, 3.8) is 0 Å². The minimum atomic E-state index is -4.70. The van der Waals surface area contributed by atoms with Crippen LogP contribution in [0.2, 0.25) is 0 Å². The van der Waals surface area contributed by atoms with Crippen LogP contribution in [-0.4, -0.2) is 30.5 Å². The summed E-state index contributed by atoms with van der Waals surface area (Å²) in [6.45, 7) is 5.42. The van der Waals surface area contributed by atoms with Crippen LogP contribution in [0, 0.1) is 11.8 Å². The van der Waals surface area contributed by atoms with E-state index in [1.165, 1.54) is 0 Å². The molecule has 0 bridgehead atoms. The Morgan fingerprint density at radius 3 is 2.18 bits per heavy atom. The molecule has 0 radical (unpaired) electrons. The maximum absolute atomic E-state index is 11.3. The molecule has 6 nitrogen and oxygen atoms in total. The van der Waals surface area contributed by atoms with Gasteiger partial charge in [-0.05, 0) is 18.3 Å². The van der Waals surface area contributed by atoms with Gasteiger partial charge in [0.25, 0.3) is 5.12 Å². The molecule has 1 atom stereocenters. The molecule has 0 spiro atoms. The van der Waals surface area contributed by atoms with Gasteiger partial charge in [0, 0.05) is 6.42 Å². The molecular formula is C10H19NO5S. The summed E-state index contributed by atoms with van der Waals surface area (Å²) in [5.41, 5.74) is 0. The molecule has 100 valence electrons. The van der Waals surface area contributed by atoms with Gasteiger partial charge < -0.3 is 5.32 Å². The van der Waals surface area contributed by atoms with E-state index in [2.05, 4.69) is 5.32 Å². The predicted molar refractivity (Wildman–Crippen MR) is 62.8 cm³/mol. The summed E-state index contributed by atoms with van der Waals surface area (Å²) in [4.78, 5) is 22.0. The number of rotatable bonds is 6. The van der Waals surface area contributed by atoms with E-state index in [4.69, 9.17) is 4.55 Å². The third-order valence-electron chi connectivity index (χ3n) is 2.68. The van der Waals surface area contributed by atoms with Gasteiger partial charge in [-0.2, -0.15) is 8.42 Å². The lowest BCUT2D eigenvalue weighted by atomic mass is 9.93. The van der Waals surface area contributed by atoms with E-state index in [-0.39, 0.29) is 6.42 Å². The van der Waals surface area contributed by atoms with Gasteiger partial charge in [-0.1, -0.05) is 20.8 Å². The molecular weight excluding hydrogens is 246 g/mol. The molecule has 2 N–H and O–H groups in total. The van der Waals surface area contributed by atoms with E-state index in [0.717, 1.165) is 0 Å². The molecule has 0 heterocycles. The number of carbonyl (C=O) groups is 2. The summed E-state index contributed by atoms with van der Waals surface area (Å²) < 4.78 is 29.1. The highest BCUT2D eigenvalue weighted by atomic mass is 32.2. The predicted octanol–water partition coefficient (Wildman–Crippen LogP) is 0.589. The Kier molecular flexibility index (Phi) is 6.33. The summed E-state index contributed by atoms with van der Waals surface area (Å²) in [5.74, 6) is 0.440. The first-order valence-corrected chi connectivity index (χ1v) is 6.85. The molecule has 0 unspecified atom stereocenters. The molecule has 7 heteroatoms. The zero-order chi connectivity index (χ0) is 13.6. The molecule has 0 aliphatic carbocycles. The molecule has 0 aromatic heterocycles. The first kappa shape index (κ1) is 16.1. The molecule has 0 saturated heterocycles. The molecule has 0 rings (SSSR count). The highest BCUT2D eigenvalue weighted by Crippen LogP contribution is 2.15. The van der Waals surface area contributed by atoms with Crippen LogP contribution in [0.1, 0.15) is 33.6 Å². The fraction of sp³-hybridized carbons (Fsp3) is 0.800. The van der Waals surface area contributed by atoms with Crippen molar-refractivity contribution in [2.75, 3.05) is 6.54 Å². The van der Waals surface area contributed by atoms with Gasteiger partial charge in [0.05, 0.1) is 6.54 Å². The van der Waals surface area contributed by atoms with Gasteiger partial charge in [-0.15, -0.1) is 0 Å². The van der Waals surface area contributed by atoms with Crippen molar-refractivity contribution >= 4 is 21.1 Å². The van der Waals surface area contributed by atoms with Crippen molar-refractivity contribution in [2.24, 2.45) is 11.8 Å². The molecule has 0 aliphatic heterocycles. The second-order valence-electron chi connectivity index (χ2n) is 4.38. The molecule has 0 fully saturated rings. The van der Waals surface area contributed by atoms with Gasteiger partial charge >= 0.3 is 10.1 Å². The summed E-state index contributed by atoms with van der Waals surface area (Å²) in [7, 11) is -4.70. The van der Waals surface area contributed by atoms with Gasteiger partial charge in [-0.25, -0.2) is 0 Å². The van der Waals surface area contributed by atoms with Crippen molar-refractivity contribution < 1.29 is 22.6 Å². The smallest absolute Gasteiger partial charge is 0.330 e. The van der Waals surface area contributed by atoms with E-state index < -0.39 is 27.7 Å². The minimum Gasteiger partial charge on any atom is -0.348 e. The molecule has 17 heavy (non-hydrogen) atoms. The Bertz CT molecular complexity index is 374. The third-order valence-corrected chi connectivity index (χ3v) is 3.40. The summed E-state index contributed by atoms with van der Waals surface area (Å²) >= 11 is 0. The van der Waals surface area contributed by atoms with Crippen LogP contribution in [0.4, 0.5) is 0 Å². The Morgan fingerprint density at radius 2 is 1.76 bits per heavy atom. The van der Waals surface area contributed by atoms with Crippen LogP contribution < -0.4 is 5.32 Å². The maximum atomic E-state index is 11.3. The van der Waals surface area contributed by atoms with E-state index in [1.807, 2.05) is 20.8 Å². The highest BCUT2D eigenvalue weighted by molar-refractivity contribution is 8.01. The Hall–Kier alpha value is -0.950. The monoisotopic (exact) mass is 265 g/mol. The Balaban J connectivity index is 3.94. The summed E-state index contributed by atoms with van der Waals surface area (Å²) in [5, 5.41) is 0.755. The molecule has 0 aromatic carbocycles. The highest BCUT2D eigenvalue weighted by Gasteiger charge is 2.19. The lowest BCUT2D eigenvalue weighted by Gasteiger charge is -2.14. The molecule has 0 aliphatic rings. The zero-order valence-electron chi connectivity index (χ0n) is 10.3. The third kappa shape index (κ3) is 7.06. The summed E-state index contributed by atoms with van der Waals surface area (Å²) in [6, 6.07) is 0. The van der Waals surface area contributed by atoms with Gasteiger partial charge in [0.1, 0.15) is 0 Å². The first-order valence-electron chi connectivity index (χ1n) is 5.41. The quantitative estimate of drug-likeness (QED) is 0.684. The molecule has 0 saturated carbocycles. The number of carbonyl (C=O) groups excluding carboxylic acids is 2. The second-order valence-corrected chi connectivity index (χ2v) is 5.79. The number of nitrogens with one attached hydrogen (secondary N) is 1. The summed E-state index contributed by atoms with van der Waals surface area (Å²) in [6.07, 6.45) is 0.904. The fourth-order valence-electron chi connectivity index (χ4n) is 1.04. The maximum Gasteiger partial charge on any atom is 0.330 e. The van der Waals surface area contributed by atoms with Gasteiger partial charge in [0.2, 0.25) is 5.91 Å². The average molecular weight is 265 g/mol. The molecule has 0 aromatic rings. The van der Waals surface area contributed by atoms with E-state index in [1.54, 1.807) is 0 Å².